The van der Waals surface area contributed by atoms with E-state index in [1.54, 1.807) is 18.2 Å². The molecule has 0 fully saturated rings. The van der Waals surface area contributed by atoms with E-state index < -0.39 is 29.2 Å². The van der Waals surface area contributed by atoms with Crippen LogP contribution in [0.15, 0.2) is 29.2 Å². The molecule has 1 aromatic carbocycles. The highest BCUT2D eigenvalue weighted by molar-refractivity contribution is 5.92. The molecule has 9 nitrogen and oxygen atoms in total. The number of methoxy groups -OCH3 is 3. The maximum absolute atomic E-state index is 12.5. The second-order valence-corrected chi connectivity index (χ2v) is 5.85. The van der Waals surface area contributed by atoms with Gasteiger partial charge in [-0.2, -0.15) is 0 Å². The number of nitrogens with one attached hydrogen (secondary N) is 1. The Hall–Kier alpha value is -3.33. The van der Waals surface area contributed by atoms with Crippen LogP contribution in [0.2, 0.25) is 0 Å². The zero-order valence-electron chi connectivity index (χ0n) is 15.6. The number of aromatic amines is 1. The van der Waals surface area contributed by atoms with Gasteiger partial charge in [-0.3, -0.25) is 9.59 Å². The number of benzene rings is 1. The minimum absolute atomic E-state index is 0.192. The number of hydrogen-bond acceptors (Lipinski definition) is 8. The van der Waals surface area contributed by atoms with Gasteiger partial charge in [0.25, 0.3) is 5.56 Å². The summed E-state index contributed by atoms with van der Waals surface area (Å²) in [6.07, 6.45) is 0.754. The Balaban J connectivity index is 2.70. The maximum Gasteiger partial charge on any atom is 0.343 e. The first kappa shape index (κ1) is 21.0. The second kappa shape index (κ2) is 9.05. The first-order valence-electron chi connectivity index (χ1n) is 8.25. The molecule has 0 aliphatic rings. The zero-order valence-corrected chi connectivity index (χ0v) is 15.6. The van der Waals surface area contributed by atoms with Crippen LogP contribution < -0.4 is 10.3 Å². The molecule has 0 saturated carbocycles. The molecule has 1 atom stereocenters. The summed E-state index contributed by atoms with van der Waals surface area (Å²) >= 11 is 0. The third-order valence-electron chi connectivity index (χ3n) is 4.33. The lowest BCUT2D eigenvalue weighted by molar-refractivity contribution is -0.140. The van der Waals surface area contributed by atoms with Crippen LogP contribution in [0.3, 0.4) is 0 Å². The number of hydrogen-bond donors (Lipinski definition) is 3. The lowest BCUT2D eigenvalue weighted by Gasteiger charge is -2.19. The SMILES string of the molecule is COC(=O)CC(c1ccc(OC)c(CO)c1)c1c(O)c(C(=O)OC)c[nH]c1=O. The number of esters is 2. The number of carbonyl (C=O) groups is 2. The van der Waals surface area contributed by atoms with Crippen molar-refractivity contribution in [1.29, 1.82) is 0 Å². The van der Waals surface area contributed by atoms with Crippen molar-refractivity contribution < 1.29 is 34.0 Å². The van der Waals surface area contributed by atoms with Crippen molar-refractivity contribution in [3.63, 3.8) is 0 Å². The van der Waals surface area contributed by atoms with Crippen molar-refractivity contribution in [3.8, 4) is 11.5 Å². The second-order valence-electron chi connectivity index (χ2n) is 5.85. The largest absolute Gasteiger partial charge is 0.506 e. The molecule has 0 aliphatic carbocycles. The highest BCUT2D eigenvalue weighted by Gasteiger charge is 2.28. The molecule has 0 radical (unpaired) electrons. The average molecular weight is 391 g/mol. The smallest absolute Gasteiger partial charge is 0.343 e. The number of aliphatic hydroxyl groups is 1. The van der Waals surface area contributed by atoms with Gasteiger partial charge in [0.15, 0.2) is 0 Å². The van der Waals surface area contributed by atoms with Gasteiger partial charge in [0.05, 0.1) is 39.9 Å². The molecule has 28 heavy (non-hydrogen) atoms. The Morgan fingerprint density at radius 3 is 2.46 bits per heavy atom. The fourth-order valence-corrected chi connectivity index (χ4v) is 2.90. The van der Waals surface area contributed by atoms with Crippen LogP contribution in [0.5, 0.6) is 11.5 Å². The molecule has 2 aromatic rings. The quantitative estimate of drug-likeness (QED) is 0.596. The summed E-state index contributed by atoms with van der Waals surface area (Å²) in [6.45, 7) is -0.341. The highest BCUT2D eigenvalue weighted by Crippen LogP contribution is 2.35. The molecule has 1 aromatic heterocycles. The first-order valence-corrected chi connectivity index (χ1v) is 8.25. The van der Waals surface area contributed by atoms with E-state index in [2.05, 4.69) is 9.72 Å². The van der Waals surface area contributed by atoms with E-state index in [4.69, 9.17) is 9.47 Å². The van der Waals surface area contributed by atoms with Crippen molar-refractivity contribution in [1.82, 2.24) is 4.98 Å². The van der Waals surface area contributed by atoms with Crippen molar-refractivity contribution in [2.24, 2.45) is 0 Å². The molecular weight excluding hydrogens is 370 g/mol. The number of aromatic nitrogens is 1. The molecule has 1 unspecified atom stereocenters. The van der Waals surface area contributed by atoms with Crippen molar-refractivity contribution in [3.05, 3.63) is 57.0 Å². The highest BCUT2D eigenvalue weighted by atomic mass is 16.5. The number of H-pyrrole nitrogens is 1. The molecule has 0 aliphatic heterocycles. The lowest BCUT2D eigenvalue weighted by Crippen LogP contribution is -2.22. The van der Waals surface area contributed by atoms with Gasteiger partial charge < -0.3 is 29.4 Å². The topological polar surface area (TPSA) is 135 Å². The summed E-state index contributed by atoms with van der Waals surface area (Å²) in [5.41, 5.74) is -0.251. The number of pyridine rings is 1. The predicted molar refractivity (Wildman–Crippen MR) is 97.5 cm³/mol. The van der Waals surface area contributed by atoms with Gasteiger partial charge in [0.1, 0.15) is 17.1 Å². The summed E-state index contributed by atoms with van der Waals surface area (Å²) in [5, 5.41) is 20.1. The van der Waals surface area contributed by atoms with Gasteiger partial charge in [-0.05, 0) is 17.7 Å². The normalized spacial score (nSPS) is 11.6. The van der Waals surface area contributed by atoms with E-state index >= 15 is 0 Å². The summed E-state index contributed by atoms with van der Waals surface area (Å²) in [5.74, 6) is -2.60. The van der Waals surface area contributed by atoms with Crippen LogP contribution in [0.4, 0.5) is 0 Å². The van der Waals surface area contributed by atoms with E-state index in [9.17, 15) is 24.6 Å². The van der Waals surface area contributed by atoms with Gasteiger partial charge in [0.2, 0.25) is 0 Å². The molecule has 2 rings (SSSR count). The molecule has 0 saturated heterocycles. The van der Waals surface area contributed by atoms with Crippen LogP contribution in [0.1, 0.15) is 39.4 Å². The fourth-order valence-electron chi connectivity index (χ4n) is 2.90. The predicted octanol–water partition coefficient (Wildman–Crippen LogP) is 1.06. The van der Waals surface area contributed by atoms with Crippen LogP contribution in [0, 0.1) is 0 Å². The number of aliphatic hydroxyl groups excluding tert-OH is 1. The summed E-state index contributed by atoms with van der Waals surface area (Å²) in [4.78, 5) is 38.7. The molecule has 9 heteroatoms. The Morgan fingerprint density at radius 1 is 1.18 bits per heavy atom. The van der Waals surface area contributed by atoms with Crippen molar-refractivity contribution in [2.45, 2.75) is 18.9 Å². The van der Waals surface area contributed by atoms with E-state index in [1.165, 1.54) is 14.2 Å². The van der Waals surface area contributed by atoms with E-state index in [-0.39, 0.29) is 24.2 Å². The lowest BCUT2D eigenvalue weighted by atomic mass is 9.87. The molecule has 0 amide bonds. The number of ether oxygens (including phenoxy) is 3. The minimum Gasteiger partial charge on any atom is -0.506 e. The Bertz CT molecular complexity index is 934. The Labute approximate surface area is 160 Å². The minimum atomic E-state index is -0.947. The Kier molecular flexibility index (Phi) is 6.78. The third-order valence-corrected chi connectivity index (χ3v) is 4.33. The Morgan fingerprint density at radius 2 is 1.89 bits per heavy atom. The summed E-state index contributed by atoms with van der Waals surface area (Å²) in [6, 6.07) is 4.71. The molecule has 0 bridgehead atoms. The van der Waals surface area contributed by atoms with E-state index in [0.717, 1.165) is 13.3 Å². The van der Waals surface area contributed by atoms with Crippen molar-refractivity contribution >= 4 is 11.9 Å². The van der Waals surface area contributed by atoms with Crippen LogP contribution >= 0.6 is 0 Å². The number of carbonyl (C=O) groups excluding carboxylic acids is 2. The number of aromatic hydroxyl groups is 1. The van der Waals surface area contributed by atoms with Gasteiger partial charge >= 0.3 is 11.9 Å². The van der Waals surface area contributed by atoms with Crippen molar-refractivity contribution in [2.75, 3.05) is 21.3 Å². The zero-order chi connectivity index (χ0) is 20.8. The standard InChI is InChI=1S/C19H21NO8/c1-26-14-5-4-10(6-11(14)9-21)12(7-15(22)27-2)16-17(23)13(19(25)28-3)8-20-18(16)24/h4-6,8,12,21H,7,9H2,1-3H3,(H2,20,23,24). The van der Waals surface area contributed by atoms with Crippen LogP contribution in [-0.4, -0.2) is 48.5 Å². The average Bonchev–Trinajstić information content (AvgIpc) is 2.71. The monoisotopic (exact) mass is 391 g/mol. The van der Waals surface area contributed by atoms with Crippen LogP contribution in [-0.2, 0) is 20.9 Å². The molecule has 1 heterocycles. The summed E-state index contributed by atoms with van der Waals surface area (Å²) < 4.78 is 14.5. The van der Waals surface area contributed by atoms with E-state index in [1.807, 2.05) is 0 Å². The maximum atomic E-state index is 12.5. The summed E-state index contributed by atoms with van der Waals surface area (Å²) in [7, 11) is 3.77. The van der Waals surface area contributed by atoms with E-state index in [0.29, 0.717) is 16.9 Å². The molecule has 0 spiro atoms. The third kappa shape index (κ3) is 4.15. The van der Waals surface area contributed by atoms with Crippen LogP contribution in [0.25, 0.3) is 0 Å². The first-order chi connectivity index (χ1) is 13.4. The van der Waals surface area contributed by atoms with Gasteiger partial charge in [0, 0.05) is 17.7 Å². The molecule has 3 N–H and O–H groups in total. The number of rotatable bonds is 7. The fraction of sp³-hybridized carbons (Fsp3) is 0.316. The van der Waals surface area contributed by atoms with Gasteiger partial charge in [-0.25, -0.2) is 4.79 Å². The van der Waals surface area contributed by atoms with Gasteiger partial charge in [-0.1, -0.05) is 6.07 Å². The van der Waals surface area contributed by atoms with Gasteiger partial charge in [-0.15, -0.1) is 0 Å². The molecular formula is C19H21NO8. The molecule has 150 valence electrons.